The van der Waals surface area contributed by atoms with Crippen LogP contribution in [0.4, 0.5) is 9.18 Å². The second-order valence-electron chi connectivity index (χ2n) is 8.84. The van der Waals surface area contributed by atoms with Gasteiger partial charge in [-0.1, -0.05) is 0 Å². The Morgan fingerprint density at radius 3 is 2.38 bits per heavy atom. The normalized spacial score (nSPS) is 12.5. The molecule has 0 saturated carbocycles. The summed E-state index contributed by atoms with van der Waals surface area (Å²) in [6.07, 6.45) is -0.348. The minimum atomic E-state index is -3.72. The maximum absolute atomic E-state index is 13.1. The van der Waals surface area contributed by atoms with Gasteiger partial charge in [0.1, 0.15) is 18.0 Å². The number of carbonyl (C=O) groups is 1. The molecule has 34 heavy (non-hydrogen) atoms. The molecule has 1 aromatic heterocycles. The van der Waals surface area contributed by atoms with Crippen LogP contribution in [0.5, 0.6) is 5.75 Å². The predicted octanol–water partition coefficient (Wildman–Crippen LogP) is 3.56. The highest BCUT2D eigenvalue weighted by molar-refractivity contribution is 7.90. The van der Waals surface area contributed by atoms with Gasteiger partial charge in [-0.15, -0.1) is 0 Å². The molecule has 0 aliphatic rings. The number of ether oxygens (including phenoxy) is 2. The topological polar surface area (TPSA) is 117 Å². The number of hydrogen-bond acceptors (Lipinski definition) is 7. The first-order chi connectivity index (χ1) is 15.8. The highest BCUT2D eigenvalue weighted by Gasteiger charge is 2.18. The van der Waals surface area contributed by atoms with Gasteiger partial charge in [0.05, 0.1) is 28.7 Å². The summed E-state index contributed by atoms with van der Waals surface area (Å²) in [5.74, 6) is -0.0484. The third-order valence-corrected chi connectivity index (χ3v) is 5.99. The lowest BCUT2D eigenvalue weighted by atomic mass is 10.2. The van der Waals surface area contributed by atoms with Crippen LogP contribution in [0.3, 0.4) is 0 Å². The first kappa shape index (κ1) is 27.0. The highest BCUT2D eigenvalue weighted by atomic mass is 32.2. The maximum atomic E-state index is 13.1. The van der Waals surface area contributed by atoms with E-state index in [2.05, 4.69) is 10.4 Å². The van der Waals surface area contributed by atoms with Gasteiger partial charge in [-0.25, -0.2) is 22.3 Å². The van der Waals surface area contributed by atoms with Crippen molar-refractivity contribution in [1.82, 2.24) is 15.1 Å². The fourth-order valence-corrected chi connectivity index (χ4v) is 3.99. The van der Waals surface area contributed by atoms with E-state index in [1.807, 2.05) is 0 Å². The van der Waals surface area contributed by atoms with Gasteiger partial charge in [-0.3, -0.25) is 4.79 Å². The van der Waals surface area contributed by atoms with Gasteiger partial charge in [0, 0.05) is 18.2 Å². The predicted molar refractivity (Wildman–Crippen MR) is 125 cm³/mol. The molecule has 0 saturated heterocycles. The first-order valence-electron chi connectivity index (χ1n) is 10.6. The molecular formula is C23H30FN3O6S. The fourth-order valence-electron chi connectivity index (χ4n) is 2.73. The van der Waals surface area contributed by atoms with Crippen molar-refractivity contribution in [3.8, 4) is 5.75 Å². The summed E-state index contributed by atoms with van der Waals surface area (Å²) in [4.78, 5) is 23.6. The molecule has 0 fully saturated rings. The Labute approximate surface area is 198 Å². The van der Waals surface area contributed by atoms with Crippen LogP contribution in [0, 0.1) is 0 Å². The molecule has 11 heteroatoms. The number of halogens is 1. The van der Waals surface area contributed by atoms with Crippen LogP contribution in [0.15, 0.2) is 58.0 Å². The van der Waals surface area contributed by atoms with Crippen molar-refractivity contribution in [1.29, 1.82) is 0 Å². The summed E-state index contributed by atoms with van der Waals surface area (Å²) < 4.78 is 50.5. The summed E-state index contributed by atoms with van der Waals surface area (Å²) in [6, 6.07) is 8.14. The first-order valence-corrected chi connectivity index (χ1v) is 12.3. The zero-order valence-electron chi connectivity index (χ0n) is 19.9. The average molecular weight is 496 g/mol. The molecule has 0 atom stereocenters. The van der Waals surface area contributed by atoms with Gasteiger partial charge in [0.2, 0.25) is 0 Å². The minimum absolute atomic E-state index is 0.0526. The Bertz CT molecular complexity index is 1180. The monoisotopic (exact) mass is 495 g/mol. The van der Waals surface area contributed by atoms with Crippen molar-refractivity contribution in [2.75, 3.05) is 13.2 Å². The Kier molecular flexibility index (Phi) is 8.97. The molecule has 0 radical (unpaired) electrons. The highest BCUT2D eigenvalue weighted by Crippen LogP contribution is 2.20. The third kappa shape index (κ3) is 8.29. The number of alkyl carbamates (subject to hydrolysis) is 1. The minimum Gasteiger partial charge on any atom is -0.489 e. The van der Waals surface area contributed by atoms with Crippen LogP contribution in [0.2, 0.25) is 0 Å². The summed E-state index contributed by atoms with van der Waals surface area (Å²) in [7, 11) is -3.72. The second-order valence-corrected chi connectivity index (χ2v) is 10.8. The molecule has 9 nitrogen and oxygen atoms in total. The van der Waals surface area contributed by atoms with Crippen LogP contribution < -0.4 is 15.6 Å². The number of nitrogens with zero attached hydrogens (tertiary/aromatic N) is 2. The van der Waals surface area contributed by atoms with Gasteiger partial charge in [-0.05, 0) is 65.0 Å². The molecule has 2 aromatic rings. The fraction of sp³-hybridized carbons (Fsp3) is 0.435. The number of benzene rings is 1. The SMILES string of the molecule is CC(C)n1nc(CS(=O)(=O)c2ccc(OC/C(=C/F)CNC(=O)OC(C)(C)C)cc2)ccc1=O. The Morgan fingerprint density at radius 1 is 1.18 bits per heavy atom. The second kappa shape index (κ2) is 11.3. The van der Waals surface area contributed by atoms with Crippen LogP contribution in [-0.2, 0) is 20.3 Å². The number of rotatable bonds is 9. The number of nitrogens with one attached hydrogen (secondary N) is 1. The van der Waals surface area contributed by atoms with E-state index in [1.165, 1.54) is 41.1 Å². The van der Waals surface area contributed by atoms with E-state index in [1.54, 1.807) is 34.6 Å². The summed E-state index contributed by atoms with van der Waals surface area (Å²) in [5, 5.41) is 6.56. The molecule has 1 heterocycles. The number of aromatic nitrogens is 2. The average Bonchev–Trinajstić information content (AvgIpc) is 2.74. The molecule has 2 rings (SSSR count). The number of carbonyl (C=O) groups excluding carboxylic acids is 1. The number of hydrogen-bond donors (Lipinski definition) is 1. The molecule has 186 valence electrons. The van der Waals surface area contributed by atoms with E-state index < -0.39 is 21.5 Å². The largest absolute Gasteiger partial charge is 0.489 e. The molecule has 0 aliphatic heterocycles. The zero-order chi connectivity index (χ0) is 25.5. The Hall–Kier alpha value is -3.21. The molecule has 0 bridgehead atoms. The molecule has 0 unspecified atom stereocenters. The van der Waals surface area contributed by atoms with E-state index in [0.717, 1.165) is 0 Å². The Balaban J connectivity index is 1.98. The summed E-state index contributed by atoms with van der Waals surface area (Å²) >= 11 is 0. The summed E-state index contributed by atoms with van der Waals surface area (Å²) in [6.45, 7) is 8.44. The standard InChI is InChI=1S/C23H30FN3O6S/c1-16(2)27-21(28)11-6-18(26-27)15-34(30,31)20-9-7-19(8-10-20)32-14-17(12-24)13-25-22(29)33-23(3,4)5/h6-12,16H,13-15H2,1-5H3,(H,25,29)/b17-12+. The van der Waals surface area contributed by atoms with Crippen LogP contribution >= 0.6 is 0 Å². The quantitative estimate of drug-likeness (QED) is 0.565. The van der Waals surface area contributed by atoms with Crippen LogP contribution in [-0.4, -0.2) is 43.0 Å². The van der Waals surface area contributed by atoms with Crippen molar-refractivity contribution >= 4 is 15.9 Å². The van der Waals surface area contributed by atoms with E-state index in [4.69, 9.17) is 9.47 Å². The van der Waals surface area contributed by atoms with E-state index in [9.17, 15) is 22.4 Å². The van der Waals surface area contributed by atoms with Crippen molar-refractivity contribution in [3.63, 3.8) is 0 Å². The van der Waals surface area contributed by atoms with E-state index >= 15 is 0 Å². The molecule has 0 spiro atoms. The summed E-state index contributed by atoms with van der Waals surface area (Å²) in [5.41, 5.74) is -0.564. The molecule has 1 amide bonds. The smallest absolute Gasteiger partial charge is 0.407 e. The maximum Gasteiger partial charge on any atom is 0.407 e. The molecule has 1 N–H and O–H groups in total. The number of amides is 1. The lowest BCUT2D eigenvalue weighted by Gasteiger charge is -2.20. The van der Waals surface area contributed by atoms with Crippen LogP contribution in [0.25, 0.3) is 0 Å². The van der Waals surface area contributed by atoms with E-state index in [0.29, 0.717) is 12.1 Å². The van der Waals surface area contributed by atoms with Gasteiger partial charge in [0.15, 0.2) is 9.84 Å². The molecule has 0 aliphatic carbocycles. The van der Waals surface area contributed by atoms with Crippen molar-refractivity contribution in [3.05, 3.63) is 64.3 Å². The molecular weight excluding hydrogens is 465 g/mol. The van der Waals surface area contributed by atoms with Gasteiger partial charge in [0.25, 0.3) is 5.56 Å². The van der Waals surface area contributed by atoms with E-state index in [-0.39, 0.29) is 46.7 Å². The zero-order valence-corrected chi connectivity index (χ0v) is 20.7. The van der Waals surface area contributed by atoms with Crippen molar-refractivity contribution in [2.24, 2.45) is 0 Å². The van der Waals surface area contributed by atoms with Crippen molar-refractivity contribution in [2.45, 2.75) is 56.9 Å². The lowest BCUT2D eigenvalue weighted by Crippen LogP contribution is -2.34. The van der Waals surface area contributed by atoms with Gasteiger partial charge < -0.3 is 14.8 Å². The van der Waals surface area contributed by atoms with Crippen molar-refractivity contribution < 1.29 is 27.1 Å². The Morgan fingerprint density at radius 2 is 1.82 bits per heavy atom. The molecule has 1 aromatic carbocycles. The lowest BCUT2D eigenvalue weighted by molar-refractivity contribution is 0.0531. The van der Waals surface area contributed by atoms with Gasteiger partial charge >= 0.3 is 6.09 Å². The van der Waals surface area contributed by atoms with Crippen LogP contribution in [0.1, 0.15) is 46.4 Å². The third-order valence-electron chi connectivity index (χ3n) is 4.33. The number of sulfone groups is 1. The van der Waals surface area contributed by atoms with Gasteiger partial charge in [-0.2, -0.15) is 5.10 Å².